The zero-order chi connectivity index (χ0) is 15.5. The van der Waals surface area contributed by atoms with E-state index in [0.29, 0.717) is 10.8 Å². The Morgan fingerprint density at radius 1 is 1.29 bits per heavy atom. The molecule has 1 aromatic heterocycles. The number of aromatic carboxylic acids is 1. The molecular formula is C14H12F3NO3. The molecule has 2 rings (SSSR count). The van der Waals surface area contributed by atoms with Crippen molar-refractivity contribution >= 4 is 16.7 Å². The molecule has 0 saturated heterocycles. The molecule has 0 saturated carbocycles. The highest BCUT2D eigenvalue weighted by molar-refractivity contribution is 5.94. The molecule has 7 heteroatoms. The van der Waals surface area contributed by atoms with Gasteiger partial charge in [0.2, 0.25) is 5.88 Å². The van der Waals surface area contributed by atoms with E-state index in [2.05, 4.69) is 4.98 Å². The van der Waals surface area contributed by atoms with Crippen molar-refractivity contribution in [2.75, 3.05) is 6.61 Å². The number of benzene rings is 1. The van der Waals surface area contributed by atoms with E-state index in [1.807, 2.05) is 0 Å². The molecule has 0 unspecified atom stereocenters. The lowest BCUT2D eigenvalue weighted by molar-refractivity contribution is -0.136. The zero-order valence-electron chi connectivity index (χ0n) is 10.9. The number of nitrogens with zero attached hydrogens (tertiary/aromatic N) is 1. The second kappa shape index (κ2) is 5.99. The second-order valence-electron chi connectivity index (χ2n) is 4.41. The summed E-state index contributed by atoms with van der Waals surface area (Å²) in [7, 11) is 0. The average molecular weight is 299 g/mol. The van der Waals surface area contributed by atoms with E-state index in [4.69, 9.17) is 9.84 Å². The van der Waals surface area contributed by atoms with E-state index in [9.17, 15) is 18.0 Å². The van der Waals surface area contributed by atoms with Crippen LogP contribution in [0.5, 0.6) is 5.88 Å². The molecule has 0 fully saturated rings. The number of rotatable bonds is 5. The van der Waals surface area contributed by atoms with Crippen LogP contribution < -0.4 is 4.74 Å². The van der Waals surface area contributed by atoms with Crippen molar-refractivity contribution in [1.29, 1.82) is 0 Å². The Bertz CT molecular complexity index is 655. The molecule has 0 aliphatic rings. The summed E-state index contributed by atoms with van der Waals surface area (Å²) in [5.74, 6) is -1.19. The number of pyridine rings is 1. The standard InChI is InChI=1S/C14H12F3NO3/c15-14(16,17)6-3-7-21-12-10-5-2-1-4-9(10)8-11(18-12)13(19)20/h1-2,4-5,8H,3,6-7H2,(H,19,20). The number of carbonyl (C=O) groups is 1. The SMILES string of the molecule is O=C(O)c1cc2ccccc2c(OCCCC(F)(F)F)n1. The third-order valence-corrected chi connectivity index (χ3v) is 2.77. The van der Waals surface area contributed by atoms with Gasteiger partial charge in [-0.3, -0.25) is 0 Å². The molecule has 21 heavy (non-hydrogen) atoms. The molecule has 4 nitrogen and oxygen atoms in total. The van der Waals surface area contributed by atoms with E-state index in [1.54, 1.807) is 24.3 Å². The first-order valence-electron chi connectivity index (χ1n) is 6.19. The van der Waals surface area contributed by atoms with Crippen molar-refractivity contribution in [3.8, 4) is 5.88 Å². The lowest BCUT2D eigenvalue weighted by Gasteiger charge is -2.10. The lowest BCUT2D eigenvalue weighted by Crippen LogP contribution is -2.11. The van der Waals surface area contributed by atoms with E-state index in [0.717, 1.165) is 0 Å². The van der Waals surface area contributed by atoms with E-state index in [1.165, 1.54) is 6.07 Å². The Labute approximate surface area is 118 Å². The summed E-state index contributed by atoms with van der Waals surface area (Å²) < 4.78 is 41.4. The van der Waals surface area contributed by atoms with Crippen LogP contribution in [0, 0.1) is 0 Å². The number of fused-ring (bicyclic) bond motifs is 1. The summed E-state index contributed by atoms with van der Waals surface area (Å²) in [6.45, 7) is -0.181. The van der Waals surface area contributed by atoms with Gasteiger partial charge in [0.1, 0.15) is 0 Å². The fourth-order valence-electron chi connectivity index (χ4n) is 1.83. The molecule has 1 aromatic carbocycles. The topological polar surface area (TPSA) is 59.4 Å². The maximum absolute atomic E-state index is 12.1. The fourth-order valence-corrected chi connectivity index (χ4v) is 1.83. The molecule has 0 aliphatic heterocycles. The van der Waals surface area contributed by atoms with Crippen molar-refractivity contribution in [2.24, 2.45) is 0 Å². The van der Waals surface area contributed by atoms with Crippen molar-refractivity contribution < 1.29 is 27.8 Å². The predicted octanol–water partition coefficient (Wildman–Crippen LogP) is 3.65. The minimum Gasteiger partial charge on any atom is -0.477 e. The maximum Gasteiger partial charge on any atom is 0.389 e. The third-order valence-electron chi connectivity index (χ3n) is 2.77. The smallest absolute Gasteiger partial charge is 0.389 e. The van der Waals surface area contributed by atoms with Gasteiger partial charge in [0.15, 0.2) is 5.69 Å². The zero-order valence-corrected chi connectivity index (χ0v) is 10.9. The van der Waals surface area contributed by atoms with Crippen molar-refractivity contribution in [1.82, 2.24) is 4.98 Å². The van der Waals surface area contributed by atoms with Crippen LogP contribution in [0.4, 0.5) is 13.2 Å². The Hall–Kier alpha value is -2.31. The highest BCUT2D eigenvalue weighted by Crippen LogP contribution is 2.26. The first kappa shape index (κ1) is 15.1. The quantitative estimate of drug-likeness (QED) is 0.856. The monoisotopic (exact) mass is 299 g/mol. The van der Waals surface area contributed by atoms with Crippen molar-refractivity contribution in [3.63, 3.8) is 0 Å². The van der Waals surface area contributed by atoms with Crippen LogP contribution in [0.2, 0.25) is 0 Å². The summed E-state index contributed by atoms with van der Waals surface area (Å²) in [6.07, 6.45) is -5.40. The van der Waals surface area contributed by atoms with Crippen LogP contribution in [-0.4, -0.2) is 28.8 Å². The summed E-state index contributed by atoms with van der Waals surface area (Å²) in [6, 6.07) is 8.19. The molecule has 0 aliphatic carbocycles. The van der Waals surface area contributed by atoms with Gasteiger partial charge in [-0.2, -0.15) is 13.2 Å². The minimum atomic E-state index is -4.23. The van der Waals surface area contributed by atoms with E-state index in [-0.39, 0.29) is 24.6 Å². The van der Waals surface area contributed by atoms with Gasteiger partial charge in [-0.15, -0.1) is 0 Å². The highest BCUT2D eigenvalue weighted by Gasteiger charge is 2.26. The maximum atomic E-state index is 12.1. The van der Waals surface area contributed by atoms with Gasteiger partial charge in [0.05, 0.1) is 6.61 Å². The van der Waals surface area contributed by atoms with Crippen LogP contribution in [0.25, 0.3) is 10.8 Å². The van der Waals surface area contributed by atoms with Crippen LogP contribution >= 0.6 is 0 Å². The Morgan fingerprint density at radius 3 is 2.67 bits per heavy atom. The van der Waals surface area contributed by atoms with Crippen LogP contribution in [-0.2, 0) is 0 Å². The molecule has 0 spiro atoms. The largest absolute Gasteiger partial charge is 0.477 e. The first-order chi connectivity index (χ1) is 9.87. The van der Waals surface area contributed by atoms with Gasteiger partial charge >= 0.3 is 12.1 Å². The summed E-state index contributed by atoms with van der Waals surface area (Å²) in [5.41, 5.74) is -0.209. The first-order valence-corrected chi connectivity index (χ1v) is 6.19. The molecule has 112 valence electrons. The van der Waals surface area contributed by atoms with Gasteiger partial charge < -0.3 is 9.84 Å². The van der Waals surface area contributed by atoms with Gasteiger partial charge in [-0.1, -0.05) is 18.2 Å². The highest BCUT2D eigenvalue weighted by atomic mass is 19.4. The van der Waals surface area contributed by atoms with Crippen LogP contribution in [0.15, 0.2) is 30.3 Å². The molecule has 2 aromatic rings. The van der Waals surface area contributed by atoms with Gasteiger partial charge in [0, 0.05) is 11.8 Å². The number of hydrogen-bond donors (Lipinski definition) is 1. The lowest BCUT2D eigenvalue weighted by atomic mass is 10.1. The number of ether oxygens (including phenoxy) is 1. The molecule has 0 bridgehead atoms. The van der Waals surface area contributed by atoms with Crippen molar-refractivity contribution in [2.45, 2.75) is 19.0 Å². The van der Waals surface area contributed by atoms with Gasteiger partial charge in [-0.25, -0.2) is 9.78 Å². The molecule has 0 atom stereocenters. The Morgan fingerprint density at radius 2 is 2.00 bits per heavy atom. The number of carboxylic acids is 1. The van der Waals surface area contributed by atoms with Gasteiger partial charge in [-0.05, 0) is 23.9 Å². The Kier molecular flexibility index (Phi) is 4.30. The van der Waals surface area contributed by atoms with Crippen molar-refractivity contribution in [3.05, 3.63) is 36.0 Å². The molecule has 1 heterocycles. The predicted molar refractivity (Wildman–Crippen MR) is 69.5 cm³/mol. The molecule has 0 amide bonds. The number of aromatic nitrogens is 1. The summed E-state index contributed by atoms with van der Waals surface area (Å²) in [5, 5.41) is 10.2. The Balaban J connectivity index is 2.19. The number of halogens is 3. The second-order valence-corrected chi connectivity index (χ2v) is 4.41. The number of carboxylic acid groups (broad SMARTS) is 1. The summed E-state index contributed by atoms with van der Waals surface area (Å²) in [4.78, 5) is 14.8. The normalized spacial score (nSPS) is 11.6. The van der Waals surface area contributed by atoms with Crippen LogP contribution in [0.3, 0.4) is 0 Å². The number of alkyl halides is 3. The van der Waals surface area contributed by atoms with E-state index >= 15 is 0 Å². The molecular weight excluding hydrogens is 287 g/mol. The summed E-state index contributed by atoms with van der Waals surface area (Å²) >= 11 is 0. The number of hydrogen-bond acceptors (Lipinski definition) is 3. The molecule has 0 radical (unpaired) electrons. The average Bonchev–Trinajstić information content (AvgIpc) is 2.42. The minimum absolute atomic E-state index is 0.0349. The third kappa shape index (κ3) is 4.08. The molecule has 1 N–H and O–H groups in total. The fraction of sp³-hybridized carbons (Fsp3) is 0.286. The van der Waals surface area contributed by atoms with E-state index < -0.39 is 18.6 Å². The van der Waals surface area contributed by atoms with Crippen LogP contribution in [0.1, 0.15) is 23.3 Å². The van der Waals surface area contributed by atoms with Gasteiger partial charge in [0.25, 0.3) is 0 Å².